The zero-order valence-electron chi connectivity index (χ0n) is 10.8. The summed E-state index contributed by atoms with van der Waals surface area (Å²) in [5.74, 6) is -0.991. The van der Waals surface area contributed by atoms with Gasteiger partial charge in [-0.25, -0.2) is 4.98 Å². The number of halogens is 1. The maximum Gasteiger partial charge on any atom is 0.299 e. The molecular formula is C15H11ClN2O2. The monoisotopic (exact) mass is 286 g/mol. The van der Waals surface area contributed by atoms with Gasteiger partial charge in [0.25, 0.3) is 11.7 Å². The number of benzene rings is 1. The minimum atomic E-state index is -0.523. The van der Waals surface area contributed by atoms with Gasteiger partial charge >= 0.3 is 0 Å². The van der Waals surface area contributed by atoms with Crippen molar-refractivity contribution in [3.05, 3.63) is 58.4 Å². The fraction of sp³-hybridized carbons (Fsp3) is 0.133. The number of hydrogen-bond donors (Lipinski definition) is 0. The summed E-state index contributed by atoms with van der Waals surface area (Å²) < 4.78 is 0. The van der Waals surface area contributed by atoms with E-state index in [1.807, 2.05) is 13.0 Å². The summed E-state index contributed by atoms with van der Waals surface area (Å²) in [5.41, 5.74) is 2.75. The maximum atomic E-state index is 12.1. The fourth-order valence-electron chi connectivity index (χ4n) is 2.28. The molecule has 1 amide bonds. The van der Waals surface area contributed by atoms with Crippen LogP contribution in [0.25, 0.3) is 0 Å². The third-order valence-electron chi connectivity index (χ3n) is 3.29. The van der Waals surface area contributed by atoms with Crippen LogP contribution in [0, 0.1) is 6.92 Å². The zero-order chi connectivity index (χ0) is 14.3. The summed E-state index contributed by atoms with van der Waals surface area (Å²) in [4.78, 5) is 29.5. The first-order valence-corrected chi connectivity index (χ1v) is 6.52. The highest BCUT2D eigenvalue weighted by atomic mass is 35.5. The van der Waals surface area contributed by atoms with Crippen molar-refractivity contribution in [2.45, 2.75) is 13.5 Å². The second-order valence-electron chi connectivity index (χ2n) is 4.69. The van der Waals surface area contributed by atoms with Crippen LogP contribution in [0.4, 0.5) is 5.69 Å². The van der Waals surface area contributed by atoms with Gasteiger partial charge in [-0.2, -0.15) is 0 Å². The number of Topliss-reactive ketones (excluding diaryl/α,β-unsaturated/α-hetero) is 1. The number of rotatable bonds is 2. The van der Waals surface area contributed by atoms with E-state index >= 15 is 0 Å². The number of aromatic nitrogens is 1. The van der Waals surface area contributed by atoms with Gasteiger partial charge in [0.1, 0.15) is 5.15 Å². The molecule has 1 aromatic carbocycles. The number of ketones is 1. The number of anilines is 1. The Hall–Kier alpha value is -2.20. The Morgan fingerprint density at radius 3 is 2.80 bits per heavy atom. The Balaban J connectivity index is 2.02. The van der Waals surface area contributed by atoms with Crippen LogP contribution in [0.1, 0.15) is 21.5 Å². The number of aryl methyl sites for hydroxylation is 1. The normalized spacial score (nSPS) is 13.8. The molecule has 0 aliphatic carbocycles. The molecule has 4 nitrogen and oxygen atoms in total. The Morgan fingerprint density at radius 1 is 1.25 bits per heavy atom. The zero-order valence-corrected chi connectivity index (χ0v) is 11.5. The van der Waals surface area contributed by atoms with Gasteiger partial charge in [-0.3, -0.25) is 9.59 Å². The van der Waals surface area contributed by atoms with E-state index in [4.69, 9.17) is 11.6 Å². The number of hydrogen-bond acceptors (Lipinski definition) is 3. The summed E-state index contributed by atoms with van der Waals surface area (Å²) in [6, 6.07) is 8.94. The van der Waals surface area contributed by atoms with Crippen LogP contribution >= 0.6 is 11.6 Å². The molecule has 1 aromatic heterocycles. The Kier molecular flexibility index (Phi) is 3.03. The summed E-state index contributed by atoms with van der Waals surface area (Å²) in [6.07, 6.45) is 1.58. The third-order valence-corrected chi connectivity index (χ3v) is 3.63. The van der Waals surface area contributed by atoms with Gasteiger partial charge in [-0.15, -0.1) is 0 Å². The van der Waals surface area contributed by atoms with Gasteiger partial charge in [-0.1, -0.05) is 29.3 Å². The van der Waals surface area contributed by atoms with Crippen LogP contribution in [-0.2, 0) is 11.3 Å². The molecule has 100 valence electrons. The molecule has 0 atom stereocenters. The molecule has 3 rings (SSSR count). The molecule has 0 saturated heterocycles. The predicted octanol–water partition coefficient (Wildman–Crippen LogP) is 2.77. The molecule has 2 heterocycles. The van der Waals surface area contributed by atoms with Gasteiger partial charge in [0.15, 0.2) is 0 Å². The third kappa shape index (κ3) is 1.98. The number of amides is 1. The van der Waals surface area contributed by atoms with Crippen molar-refractivity contribution in [2.75, 3.05) is 4.90 Å². The molecule has 5 heteroatoms. The molecule has 1 aliphatic rings. The SMILES string of the molecule is Cc1ccc2c(c1)C(=O)C(=O)N2Cc1cccnc1Cl. The Labute approximate surface area is 121 Å². The first-order chi connectivity index (χ1) is 9.58. The first-order valence-electron chi connectivity index (χ1n) is 6.14. The van der Waals surface area contributed by atoms with Gasteiger partial charge in [0, 0.05) is 11.8 Å². The van der Waals surface area contributed by atoms with Gasteiger partial charge in [0.2, 0.25) is 0 Å². The predicted molar refractivity (Wildman–Crippen MR) is 75.9 cm³/mol. The molecular weight excluding hydrogens is 276 g/mol. The molecule has 0 unspecified atom stereocenters. The lowest BCUT2D eigenvalue weighted by Crippen LogP contribution is -2.29. The Morgan fingerprint density at radius 2 is 2.05 bits per heavy atom. The van der Waals surface area contributed by atoms with E-state index in [1.54, 1.807) is 30.5 Å². The maximum absolute atomic E-state index is 12.1. The minimum absolute atomic E-state index is 0.243. The number of pyridine rings is 1. The molecule has 0 fully saturated rings. The van der Waals surface area contributed by atoms with E-state index in [0.29, 0.717) is 22.0 Å². The summed E-state index contributed by atoms with van der Waals surface area (Å²) in [5, 5.41) is 0.341. The van der Waals surface area contributed by atoms with Crippen molar-refractivity contribution in [3.8, 4) is 0 Å². The summed E-state index contributed by atoms with van der Waals surface area (Å²) in [6.45, 7) is 2.13. The van der Waals surface area contributed by atoms with Gasteiger partial charge in [-0.05, 0) is 25.1 Å². The Bertz CT molecular complexity index is 728. The fourth-order valence-corrected chi connectivity index (χ4v) is 2.46. The van der Waals surface area contributed by atoms with E-state index in [-0.39, 0.29) is 6.54 Å². The largest absolute Gasteiger partial charge is 0.300 e. The molecule has 0 bridgehead atoms. The van der Waals surface area contributed by atoms with Crippen molar-refractivity contribution in [3.63, 3.8) is 0 Å². The molecule has 0 radical (unpaired) electrons. The number of fused-ring (bicyclic) bond motifs is 1. The average molecular weight is 287 g/mol. The minimum Gasteiger partial charge on any atom is -0.300 e. The summed E-state index contributed by atoms with van der Waals surface area (Å²) >= 11 is 6.01. The van der Waals surface area contributed by atoms with Crippen LogP contribution in [0.3, 0.4) is 0 Å². The number of nitrogens with zero attached hydrogens (tertiary/aromatic N) is 2. The molecule has 0 spiro atoms. The lowest BCUT2D eigenvalue weighted by Gasteiger charge is -2.17. The molecule has 2 aromatic rings. The molecule has 1 aliphatic heterocycles. The van der Waals surface area contributed by atoms with Crippen molar-refractivity contribution in [1.82, 2.24) is 4.98 Å². The smallest absolute Gasteiger partial charge is 0.299 e. The topological polar surface area (TPSA) is 50.3 Å². The van der Waals surface area contributed by atoms with Crippen LogP contribution in [0.5, 0.6) is 0 Å². The number of carbonyl (C=O) groups is 2. The molecule has 0 N–H and O–H groups in total. The van der Waals surface area contributed by atoms with Crippen molar-refractivity contribution in [2.24, 2.45) is 0 Å². The lowest BCUT2D eigenvalue weighted by atomic mass is 10.1. The second kappa shape index (κ2) is 4.72. The molecule has 0 saturated carbocycles. The van der Waals surface area contributed by atoms with Crippen LogP contribution < -0.4 is 4.90 Å². The lowest BCUT2D eigenvalue weighted by molar-refractivity contribution is -0.114. The van der Waals surface area contributed by atoms with Crippen molar-refractivity contribution < 1.29 is 9.59 Å². The van der Waals surface area contributed by atoms with Gasteiger partial charge in [0.05, 0.1) is 17.8 Å². The first kappa shape index (κ1) is 12.8. The van der Waals surface area contributed by atoms with E-state index in [2.05, 4.69) is 4.98 Å². The standard InChI is InChI=1S/C15H11ClN2O2/c1-9-4-5-12-11(7-9)13(19)15(20)18(12)8-10-3-2-6-17-14(10)16/h2-7H,8H2,1H3. The number of carbonyl (C=O) groups excluding carboxylic acids is 2. The van der Waals surface area contributed by atoms with E-state index in [9.17, 15) is 9.59 Å². The van der Waals surface area contributed by atoms with Crippen molar-refractivity contribution >= 4 is 29.0 Å². The quantitative estimate of drug-likeness (QED) is 0.630. The van der Waals surface area contributed by atoms with Crippen LogP contribution in [-0.4, -0.2) is 16.7 Å². The van der Waals surface area contributed by atoms with Crippen molar-refractivity contribution in [1.29, 1.82) is 0 Å². The van der Waals surface area contributed by atoms with Crippen LogP contribution in [0.15, 0.2) is 36.5 Å². The van der Waals surface area contributed by atoms with Crippen LogP contribution in [0.2, 0.25) is 5.15 Å². The highest BCUT2D eigenvalue weighted by Gasteiger charge is 2.35. The highest BCUT2D eigenvalue weighted by molar-refractivity contribution is 6.52. The van der Waals surface area contributed by atoms with E-state index in [1.165, 1.54) is 4.90 Å². The molecule has 20 heavy (non-hydrogen) atoms. The second-order valence-corrected chi connectivity index (χ2v) is 5.05. The summed E-state index contributed by atoms with van der Waals surface area (Å²) in [7, 11) is 0. The highest BCUT2D eigenvalue weighted by Crippen LogP contribution is 2.31. The van der Waals surface area contributed by atoms with E-state index in [0.717, 1.165) is 5.56 Å². The average Bonchev–Trinajstić information content (AvgIpc) is 2.66. The van der Waals surface area contributed by atoms with E-state index < -0.39 is 11.7 Å². The van der Waals surface area contributed by atoms with Gasteiger partial charge < -0.3 is 4.90 Å².